The Morgan fingerprint density at radius 3 is 2.86 bits per heavy atom. The Hall–Kier alpha value is -0.120. The van der Waals surface area contributed by atoms with Crippen LogP contribution in [0.25, 0.3) is 0 Å². The maximum Gasteiger partial charge on any atom is 0.168 e. The van der Waals surface area contributed by atoms with Gasteiger partial charge in [0.2, 0.25) is 0 Å². The molecule has 1 saturated carbocycles. The monoisotopic (exact) mass is 197 g/mol. The van der Waals surface area contributed by atoms with Crippen molar-refractivity contribution < 1.29 is 9.47 Å². The molecule has 2 heterocycles. The van der Waals surface area contributed by atoms with E-state index in [1.54, 1.807) is 0 Å². The minimum atomic E-state index is -0.180. The Kier molecular flexibility index (Phi) is 2.26. The van der Waals surface area contributed by atoms with Crippen LogP contribution in [0.1, 0.15) is 32.1 Å². The van der Waals surface area contributed by atoms with Gasteiger partial charge in [-0.1, -0.05) is 0 Å². The van der Waals surface area contributed by atoms with Gasteiger partial charge >= 0.3 is 0 Å². The zero-order chi connectivity index (χ0) is 9.43. The third-order valence-corrected chi connectivity index (χ3v) is 3.95. The van der Waals surface area contributed by atoms with E-state index in [1.807, 2.05) is 0 Å². The highest BCUT2D eigenvalue weighted by atomic mass is 16.7. The molecular formula is C11H19NO2. The topological polar surface area (TPSA) is 30.5 Å². The van der Waals surface area contributed by atoms with Gasteiger partial charge in [0.1, 0.15) is 0 Å². The Morgan fingerprint density at radius 2 is 2.00 bits per heavy atom. The molecule has 0 aromatic rings. The van der Waals surface area contributed by atoms with Gasteiger partial charge in [0.05, 0.1) is 13.2 Å². The Balaban J connectivity index is 1.70. The van der Waals surface area contributed by atoms with E-state index in [0.717, 1.165) is 38.0 Å². The Bertz CT molecular complexity index is 213. The van der Waals surface area contributed by atoms with Crippen LogP contribution in [0.15, 0.2) is 0 Å². The van der Waals surface area contributed by atoms with Gasteiger partial charge in [-0.3, -0.25) is 0 Å². The molecule has 3 fully saturated rings. The van der Waals surface area contributed by atoms with Gasteiger partial charge in [-0.05, 0) is 31.7 Å². The first-order chi connectivity index (χ1) is 6.88. The summed E-state index contributed by atoms with van der Waals surface area (Å²) in [6.07, 6.45) is 6.10. The molecule has 3 rings (SSSR count). The van der Waals surface area contributed by atoms with Crippen LogP contribution in [0.5, 0.6) is 0 Å². The molecule has 1 aliphatic carbocycles. The molecule has 2 atom stereocenters. The third kappa shape index (κ3) is 1.47. The average Bonchev–Trinajstić information content (AvgIpc) is 2.66. The summed E-state index contributed by atoms with van der Waals surface area (Å²) in [5, 5.41) is 3.62. The quantitative estimate of drug-likeness (QED) is 0.634. The van der Waals surface area contributed by atoms with Gasteiger partial charge in [0.25, 0.3) is 0 Å². The van der Waals surface area contributed by atoms with Crippen molar-refractivity contribution in [2.24, 2.45) is 5.92 Å². The van der Waals surface area contributed by atoms with Crippen molar-refractivity contribution in [1.82, 2.24) is 5.32 Å². The third-order valence-electron chi connectivity index (χ3n) is 3.95. The van der Waals surface area contributed by atoms with Gasteiger partial charge < -0.3 is 14.8 Å². The summed E-state index contributed by atoms with van der Waals surface area (Å²) in [4.78, 5) is 0. The number of rotatable bonds is 0. The largest absolute Gasteiger partial charge is 0.348 e. The second-order valence-electron chi connectivity index (χ2n) is 4.81. The molecule has 3 heteroatoms. The number of piperidine rings is 1. The van der Waals surface area contributed by atoms with Crippen LogP contribution in [0, 0.1) is 5.92 Å². The molecule has 3 aliphatic rings. The smallest absolute Gasteiger partial charge is 0.168 e. The van der Waals surface area contributed by atoms with Gasteiger partial charge in [0, 0.05) is 18.9 Å². The summed E-state index contributed by atoms with van der Waals surface area (Å²) in [5.74, 6) is 0.607. The first kappa shape index (κ1) is 9.13. The average molecular weight is 197 g/mol. The molecule has 3 nitrogen and oxygen atoms in total. The number of fused-ring (bicyclic) bond motifs is 1. The molecule has 1 N–H and O–H groups in total. The second kappa shape index (κ2) is 3.47. The van der Waals surface area contributed by atoms with E-state index in [-0.39, 0.29) is 5.79 Å². The highest BCUT2D eigenvalue weighted by Crippen LogP contribution is 2.41. The molecule has 0 aromatic carbocycles. The molecule has 0 aromatic heterocycles. The van der Waals surface area contributed by atoms with E-state index in [9.17, 15) is 0 Å². The van der Waals surface area contributed by atoms with Gasteiger partial charge in [-0.15, -0.1) is 0 Å². The van der Waals surface area contributed by atoms with Crippen molar-refractivity contribution >= 4 is 0 Å². The number of hydrogen-bond donors (Lipinski definition) is 1. The van der Waals surface area contributed by atoms with Crippen molar-refractivity contribution in [3.05, 3.63) is 0 Å². The van der Waals surface area contributed by atoms with Crippen molar-refractivity contribution in [3.63, 3.8) is 0 Å². The Labute approximate surface area is 85.1 Å². The molecule has 0 radical (unpaired) electrons. The predicted molar refractivity (Wildman–Crippen MR) is 53.0 cm³/mol. The van der Waals surface area contributed by atoms with Gasteiger partial charge in [-0.2, -0.15) is 0 Å². The zero-order valence-electron chi connectivity index (χ0n) is 8.63. The zero-order valence-corrected chi connectivity index (χ0v) is 8.63. The van der Waals surface area contributed by atoms with Crippen LogP contribution in [0.4, 0.5) is 0 Å². The maximum absolute atomic E-state index is 5.78. The van der Waals surface area contributed by atoms with Crippen LogP contribution >= 0.6 is 0 Å². The highest BCUT2D eigenvalue weighted by Gasteiger charge is 2.45. The normalized spacial score (nSPS) is 41.1. The summed E-state index contributed by atoms with van der Waals surface area (Å²) in [5.41, 5.74) is 0. The maximum atomic E-state index is 5.78. The molecule has 80 valence electrons. The van der Waals surface area contributed by atoms with E-state index < -0.39 is 0 Å². The fourth-order valence-corrected chi connectivity index (χ4v) is 3.24. The van der Waals surface area contributed by atoms with Crippen LogP contribution < -0.4 is 5.32 Å². The molecule has 1 spiro atoms. The van der Waals surface area contributed by atoms with Crippen LogP contribution in [0.2, 0.25) is 0 Å². The number of hydrogen-bond acceptors (Lipinski definition) is 3. The van der Waals surface area contributed by atoms with E-state index in [2.05, 4.69) is 5.32 Å². The van der Waals surface area contributed by atoms with Crippen molar-refractivity contribution in [3.8, 4) is 0 Å². The molecule has 14 heavy (non-hydrogen) atoms. The fraction of sp³-hybridized carbons (Fsp3) is 1.00. The fourth-order valence-electron chi connectivity index (χ4n) is 3.24. The first-order valence-corrected chi connectivity index (χ1v) is 5.89. The summed E-state index contributed by atoms with van der Waals surface area (Å²) in [6.45, 7) is 2.80. The lowest BCUT2D eigenvalue weighted by Gasteiger charge is -2.43. The van der Waals surface area contributed by atoms with E-state index in [4.69, 9.17) is 9.47 Å². The summed E-state index contributed by atoms with van der Waals surface area (Å²) in [7, 11) is 0. The van der Waals surface area contributed by atoms with Crippen LogP contribution in [-0.4, -0.2) is 31.6 Å². The number of nitrogens with one attached hydrogen (secondary N) is 1. The van der Waals surface area contributed by atoms with Gasteiger partial charge in [0.15, 0.2) is 5.79 Å². The summed E-state index contributed by atoms with van der Waals surface area (Å²) >= 11 is 0. The molecule has 2 saturated heterocycles. The van der Waals surface area contributed by atoms with E-state index in [1.165, 1.54) is 25.8 Å². The lowest BCUT2D eigenvalue weighted by molar-refractivity contribution is -0.192. The highest BCUT2D eigenvalue weighted by molar-refractivity contribution is 4.93. The summed E-state index contributed by atoms with van der Waals surface area (Å²) < 4.78 is 11.6. The van der Waals surface area contributed by atoms with E-state index in [0.29, 0.717) is 0 Å². The number of ether oxygens (including phenoxy) is 2. The van der Waals surface area contributed by atoms with Crippen LogP contribution in [0.3, 0.4) is 0 Å². The molecule has 0 bridgehead atoms. The van der Waals surface area contributed by atoms with E-state index >= 15 is 0 Å². The van der Waals surface area contributed by atoms with Crippen molar-refractivity contribution in [2.75, 3.05) is 19.8 Å². The lowest BCUT2D eigenvalue weighted by Crippen LogP contribution is -2.50. The summed E-state index contributed by atoms with van der Waals surface area (Å²) in [6, 6.07) is 0.738. The second-order valence-corrected chi connectivity index (χ2v) is 4.81. The predicted octanol–water partition coefficient (Wildman–Crippen LogP) is 1.28. The Morgan fingerprint density at radius 1 is 1.14 bits per heavy atom. The van der Waals surface area contributed by atoms with Crippen molar-refractivity contribution in [1.29, 1.82) is 0 Å². The van der Waals surface area contributed by atoms with Gasteiger partial charge in [-0.25, -0.2) is 0 Å². The van der Waals surface area contributed by atoms with Crippen molar-refractivity contribution in [2.45, 2.75) is 43.9 Å². The minimum absolute atomic E-state index is 0.180. The molecule has 2 aliphatic heterocycles. The molecule has 0 amide bonds. The van der Waals surface area contributed by atoms with Crippen LogP contribution in [-0.2, 0) is 9.47 Å². The first-order valence-electron chi connectivity index (χ1n) is 5.89. The molecule has 0 unspecified atom stereocenters. The minimum Gasteiger partial charge on any atom is -0.348 e. The SMILES string of the molecule is C1CN[C@H]2CCC3(C[C@@H]2C1)OCCO3. The molecular weight excluding hydrogens is 178 g/mol. The standard InChI is InChI=1S/C11H19NO2/c1-2-9-8-11(13-6-7-14-11)4-3-10(9)12-5-1/h9-10,12H,1-8H2/t9-,10-/m0/s1. The lowest BCUT2D eigenvalue weighted by atomic mass is 9.76.